The molecule has 4 rings (SSSR count). The van der Waals surface area contributed by atoms with Crippen LogP contribution in [0.25, 0.3) is 10.6 Å². The highest BCUT2D eigenvalue weighted by atomic mass is 32.1. The summed E-state index contributed by atoms with van der Waals surface area (Å²) in [5.74, 6) is -3.16. The molecule has 0 N–H and O–H groups in total. The molecular weight excluding hydrogens is 516 g/mol. The molecule has 2 atom stereocenters. The lowest BCUT2D eigenvalue weighted by Crippen LogP contribution is -2.36. The van der Waals surface area contributed by atoms with Crippen molar-refractivity contribution in [3.63, 3.8) is 0 Å². The van der Waals surface area contributed by atoms with Gasteiger partial charge in [-0.25, -0.2) is 14.6 Å². The van der Waals surface area contributed by atoms with Crippen molar-refractivity contribution in [2.24, 2.45) is 10.9 Å². The second kappa shape index (κ2) is 12.2. The van der Waals surface area contributed by atoms with Gasteiger partial charge in [-0.2, -0.15) is 0 Å². The van der Waals surface area contributed by atoms with E-state index in [0.29, 0.717) is 34.0 Å². The van der Waals surface area contributed by atoms with Gasteiger partial charge in [0.15, 0.2) is 5.69 Å². The maximum absolute atomic E-state index is 13.0. The fourth-order valence-electron chi connectivity index (χ4n) is 4.87. The molecule has 2 unspecified atom stereocenters. The third kappa shape index (κ3) is 5.68. The standard InChI is InChI=1S/C30H30N2O6S/c1-6-38-30(35)26-22(16-19-12-8-7-9-13-19)39-27(32-26)21-15-11-10-14-20(21)25-23(28(33)36-4)17(2)31-18(3)24(25)29(34)37-5/h7-15,23,25H,6,16H2,1-5H3. The van der Waals surface area contributed by atoms with E-state index in [9.17, 15) is 14.4 Å². The summed E-state index contributed by atoms with van der Waals surface area (Å²) in [4.78, 5) is 49.0. The monoisotopic (exact) mass is 546 g/mol. The zero-order chi connectivity index (χ0) is 28.1. The molecule has 0 aliphatic carbocycles. The van der Waals surface area contributed by atoms with Crippen LogP contribution in [0.1, 0.15) is 53.2 Å². The lowest BCUT2D eigenvalue weighted by Gasteiger charge is -2.32. The first-order valence-electron chi connectivity index (χ1n) is 12.5. The van der Waals surface area contributed by atoms with Crippen LogP contribution in [0.5, 0.6) is 0 Å². The highest BCUT2D eigenvalue weighted by molar-refractivity contribution is 7.15. The van der Waals surface area contributed by atoms with Crippen molar-refractivity contribution in [1.82, 2.24) is 4.98 Å². The third-order valence-corrected chi connectivity index (χ3v) is 7.68. The summed E-state index contributed by atoms with van der Waals surface area (Å²) < 4.78 is 15.6. The number of hydrogen-bond acceptors (Lipinski definition) is 9. The van der Waals surface area contributed by atoms with Crippen LogP contribution in [-0.2, 0) is 30.2 Å². The van der Waals surface area contributed by atoms with Crippen LogP contribution in [-0.4, -0.2) is 49.4 Å². The van der Waals surface area contributed by atoms with Crippen LogP contribution in [0, 0.1) is 5.92 Å². The van der Waals surface area contributed by atoms with Crippen LogP contribution in [0.15, 0.2) is 70.9 Å². The van der Waals surface area contributed by atoms with Crippen molar-refractivity contribution in [3.8, 4) is 10.6 Å². The molecule has 2 aromatic carbocycles. The van der Waals surface area contributed by atoms with Gasteiger partial charge in [-0.05, 0) is 31.9 Å². The van der Waals surface area contributed by atoms with E-state index in [0.717, 1.165) is 10.4 Å². The van der Waals surface area contributed by atoms with E-state index in [4.69, 9.17) is 19.2 Å². The summed E-state index contributed by atoms with van der Waals surface area (Å²) in [6, 6.07) is 17.2. The number of esters is 3. The molecule has 3 aromatic rings. The first-order chi connectivity index (χ1) is 18.8. The predicted octanol–water partition coefficient (Wildman–Crippen LogP) is 5.37. The van der Waals surface area contributed by atoms with Crippen molar-refractivity contribution < 1.29 is 28.6 Å². The number of allylic oxidation sites excluding steroid dienone is 1. The number of carbonyl (C=O) groups is 3. The Kier molecular flexibility index (Phi) is 8.71. The van der Waals surface area contributed by atoms with E-state index in [-0.39, 0.29) is 17.9 Å². The van der Waals surface area contributed by atoms with Crippen LogP contribution < -0.4 is 0 Å². The molecule has 2 heterocycles. The van der Waals surface area contributed by atoms with Crippen LogP contribution in [0.3, 0.4) is 0 Å². The molecule has 202 valence electrons. The minimum atomic E-state index is -0.845. The van der Waals surface area contributed by atoms with Gasteiger partial charge in [0.25, 0.3) is 0 Å². The average molecular weight is 547 g/mol. The fourth-order valence-corrected chi connectivity index (χ4v) is 6.00. The van der Waals surface area contributed by atoms with Crippen LogP contribution >= 0.6 is 11.3 Å². The first-order valence-corrected chi connectivity index (χ1v) is 13.3. The third-order valence-electron chi connectivity index (χ3n) is 6.59. The van der Waals surface area contributed by atoms with Crippen molar-refractivity contribution >= 4 is 35.0 Å². The molecule has 1 aliphatic heterocycles. The Labute approximate surface area is 231 Å². The first kappa shape index (κ1) is 27.9. The van der Waals surface area contributed by atoms with Crippen molar-refractivity contribution in [2.45, 2.75) is 33.1 Å². The second-order valence-electron chi connectivity index (χ2n) is 8.98. The van der Waals surface area contributed by atoms with E-state index in [1.165, 1.54) is 25.6 Å². The zero-order valence-corrected chi connectivity index (χ0v) is 23.3. The Morgan fingerprint density at radius 3 is 2.28 bits per heavy atom. The minimum absolute atomic E-state index is 0.223. The molecule has 0 spiro atoms. The normalized spacial score (nSPS) is 16.9. The van der Waals surface area contributed by atoms with Crippen molar-refractivity contribution in [2.75, 3.05) is 20.8 Å². The van der Waals surface area contributed by atoms with Gasteiger partial charge in [-0.15, -0.1) is 11.3 Å². The SMILES string of the molecule is CCOC(=O)c1nc(-c2ccccc2C2C(C(=O)OC)=C(C)N=C(C)C2C(=O)OC)sc1Cc1ccccc1. The number of aliphatic imine (C=N–C) groups is 1. The molecule has 39 heavy (non-hydrogen) atoms. The highest BCUT2D eigenvalue weighted by Gasteiger charge is 2.43. The highest BCUT2D eigenvalue weighted by Crippen LogP contribution is 2.44. The Morgan fingerprint density at radius 1 is 0.923 bits per heavy atom. The summed E-state index contributed by atoms with van der Waals surface area (Å²) in [6.45, 7) is 5.44. The molecule has 1 aliphatic rings. The van der Waals surface area contributed by atoms with Gasteiger partial charge in [0.2, 0.25) is 0 Å². The zero-order valence-electron chi connectivity index (χ0n) is 22.5. The second-order valence-corrected chi connectivity index (χ2v) is 10.1. The molecule has 0 saturated carbocycles. The van der Waals surface area contributed by atoms with Gasteiger partial charge in [-0.3, -0.25) is 9.79 Å². The van der Waals surface area contributed by atoms with E-state index >= 15 is 0 Å². The molecule has 0 fully saturated rings. The molecule has 9 heteroatoms. The largest absolute Gasteiger partial charge is 0.468 e. The van der Waals surface area contributed by atoms with Gasteiger partial charge >= 0.3 is 17.9 Å². The average Bonchev–Trinajstić information content (AvgIpc) is 3.36. The Bertz CT molecular complexity index is 1460. The van der Waals surface area contributed by atoms with Gasteiger partial charge in [-0.1, -0.05) is 54.6 Å². The molecule has 8 nitrogen and oxygen atoms in total. The summed E-state index contributed by atoms with van der Waals surface area (Å²) >= 11 is 1.38. The van der Waals surface area contributed by atoms with Crippen molar-refractivity contribution in [1.29, 1.82) is 0 Å². The fraction of sp³-hybridized carbons (Fsp3) is 0.300. The van der Waals surface area contributed by atoms with Crippen LogP contribution in [0.2, 0.25) is 0 Å². The summed E-state index contributed by atoms with van der Waals surface area (Å²) in [7, 11) is 2.61. The Morgan fingerprint density at radius 2 is 1.62 bits per heavy atom. The number of carbonyl (C=O) groups excluding carboxylic acids is 3. The number of ether oxygens (including phenoxy) is 3. The van der Waals surface area contributed by atoms with Gasteiger partial charge < -0.3 is 14.2 Å². The lowest BCUT2D eigenvalue weighted by atomic mass is 9.74. The summed E-state index contributed by atoms with van der Waals surface area (Å²) in [6.07, 6.45) is 0.501. The smallest absolute Gasteiger partial charge is 0.358 e. The Balaban J connectivity index is 1.91. The van der Waals surface area contributed by atoms with E-state index < -0.39 is 29.7 Å². The molecular formula is C30H30N2O6S. The molecule has 1 aromatic heterocycles. The molecule has 0 radical (unpaired) electrons. The Hall–Kier alpha value is -4.11. The number of thiazole rings is 1. The van der Waals surface area contributed by atoms with Gasteiger partial charge in [0.05, 0.1) is 26.4 Å². The maximum atomic E-state index is 13.0. The predicted molar refractivity (Wildman–Crippen MR) is 149 cm³/mol. The summed E-state index contributed by atoms with van der Waals surface area (Å²) in [5.41, 5.74) is 3.92. The quantitative estimate of drug-likeness (QED) is 0.276. The van der Waals surface area contributed by atoms with E-state index in [1.807, 2.05) is 54.6 Å². The number of rotatable bonds is 8. The van der Waals surface area contributed by atoms with Crippen LogP contribution in [0.4, 0.5) is 0 Å². The van der Waals surface area contributed by atoms with E-state index in [2.05, 4.69) is 4.99 Å². The summed E-state index contributed by atoms with van der Waals surface area (Å²) in [5, 5.41) is 0.574. The number of methoxy groups -OCH3 is 2. The molecule has 0 bridgehead atoms. The van der Waals surface area contributed by atoms with Gasteiger partial charge in [0, 0.05) is 34.2 Å². The molecule has 0 amide bonds. The number of benzene rings is 2. The van der Waals surface area contributed by atoms with E-state index in [1.54, 1.807) is 20.8 Å². The van der Waals surface area contributed by atoms with Crippen molar-refractivity contribution in [3.05, 3.63) is 87.6 Å². The maximum Gasteiger partial charge on any atom is 0.358 e. The topological polar surface area (TPSA) is 104 Å². The molecule has 0 saturated heterocycles. The number of nitrogens with zero attached hydrogens (tertiary/aromatic N) is 2. The number of aromatic nitrogens is 1. The lowest BCUT2D eigenvalue weighted by molar-refractivity contribution is -0.143. The number of hydrogen-bond donors (Lipinski definition) is 0. The van der Waals surface area contributed by atoms with Gasteiger partial charge in [0.1, 0.15) is 10.9 Å². The minimum Gasteiger partial charge on any atom is -0.468 e.